The monoisotopic (exact) mass is 316 g/mol. The van der Waals surface area contributed by atoms with Crippen LogP contribution in [0.15, 0.2) is 33.9 Å². The van der Waals surface area contributed by atoms with Gasteiger partial charge in [-0.25, -0.2) is 9.59 Å². The van der Waals surface area contributed by atoms with Crippen LogP contribution < -0.4 is 26.6 Å². The first-order valence-electron chi connectivity index (χ1n) is 7.14. The maximum absolute atomic E-state index is 12.2. The van der Waals surface area contributed by atoms with Crippen LogP contribution in [0.1, 0.15) is 24.1 Å². The lowest BCUT2D eigenvalue weighted by Gasteiger charge is -2.27. The molecule has 2 amide bonds. The molecule has 3 rings (SSSR count). The summed E-state index contributed by atoms with van der Waals surface area (Å²) in [5.74, 6) is 0.896. The molecule has 1 aliphatic heterocycles. The summed E-state index contributed by atoms with van der Waals surface area (Å²) >= 11 is 0. The minimum absolute atomic E-state index is 0.196. The van der Waals surface area contributed by atoms with Gasteiger partial charge < -0.3 is 10.1 Å². The van der Waals surface area contributed by atoms with Gasteiger partial charge in [0.15, 0.2) is 0 Å². The fourth-order valence-corrected chi connectivity index (χ4v) is 2.58. The topological polar surface area (TPSA) is 105 Å². The molecule has 1 unspecified atom stereocenters. The molecule has 0 fully saturated rings. The van der Waals surface area contributed by atoms with Crippen LogP contribution in [0, 0.1) is 0 Å². The highest BCUT2D eigenvalue weighted by Crippen LogP contribution is 2.28. The van der Waals surface area contributed by atoms with Gasteiger partial charge in [0, 0.05) is 7.05 Å². The summed E-state index contributed by atoms with van der Waals surface area (Å²) in [6.45, 7) is 2.44. The molecule has 3 N–H and O–H groups in total. The van der Waals surface area contributed by atoms with E-state index >= 15 is 0 Å². The average Bonchev–Trinajstić information content (AvgIpc) is 2.53. The highest BCUT2D eigenvalue weighted by Gasteiger charge is 2.30. The number of hydrogen-bond donors (Lipinski definition) is 3. The lowest BCUT2D eigenvalue weighted by Crippen LogP contribution is -2.46. The number of anilines is 1. The van der Waals surface area contributed by atoms with Crippen LogP contribution in [0.5, 0.6) is 5.75 Å². The summed E-state index contributed by atoms with van der Waals surface area (Å²) < 4.78 is 6.59. The molecule has 8 heteroatoms. The maximum Gasteiger partial charge on any atom is 0.329 e. The molecule has 1 aliphatic rings. The van der Waals surface area contributed by atoms with Crippen molar-refractivity contribution in [3.63, 3.8) is 0 Å². The Morgan fingerprint density at radius 2 is 1.87 bits per heavy atom. The Labute approximate surface area is 131 Å². The number of aromatic nitrogens is 2. The Hall–Kier alpha value is -3.03. The summed E-state index contributed by atoms with van der Waals surface area (Å²) in [5.41, 5.74) is -0.111. The minimum Gasteiger partial charge on any atom is -0.494 e. The second-order valence-electron chi connectivity index (χ2n) is 5.11. The first kappa shape index (κ1) is 14.9. The number of amides is 2. The van der Waals surface area contributed by atoms with Crippen molar-refractivity contribution in [2.45, 2.75) is 13.0 Å². The number of carbonyl (C=O) groups excluding carboxylic acids is 1. The summed E-state index contributed by atoms with van der Waals surface area (Å²) in [5, 5.41) is 5.21. The van der Waals surface area contributed by atoms with Crippen molar-refractivity contribution in [1.29, 1.82) is 0 Å². The van der Waals surface area contributed by atoms with Crippen molar-refractivity contribution >= 4 is 11.8 Å². The zero-order valence-corrected chi connectivity index (χ0v) is 12.7. The Kier molecular flexibility index (Phi) is 3.65. The molecule has 120 valence electrons. The largest absolute Gasteiger partial charge is 0.494 e. The lowest BCUT2D eigenvalue weighted by molar-refractivity contribution is 0.248. The normalized spacial score (nSPS) is 16.3. The van der Waals surface area contributed by atoms with Gasteiger partial charge in [-0.1, -0.05) is 12.1 Å². The van der Waals surface area contributed by atoms with Gasteiger partial charge in [0.05, 0.1) is 18.2 Å². The average molecular weight is 316 g/mol. The van der Waals surface area contributed by atoms with Crippen molar-refractivity contribution in [3.8, 4) is 5.75 Å². The SMILES string of the molecule is CCOc1ccc(C2NC(=O)Nc3c2c(=O)[nH]c(=O)n3C)cc1. The summed E-state index contributed by atoms with van der Waals surface area (Å²) in [6, 6.07) is 5.96. The molecule has 0 bridgehead atoms. The molecule has 0 saturated carbocycles. The van der Waals surface area contributed by atoms with Gasteiger partial charge in [0.2, 0.25) is 0 Å². The Bertz CT molecular complexity index is 867. The van der Waals surface area contributed by atoms with Gasteiger partial charge in [-0.2, -0.15) is 0 Å². The van der Waals surface area contributed by atoms with Crippen molar-refractivity contribution in [3.05, 3.63) is 56.2 Å². The van der Waals surface area contributed by atoms with Gasteiger partial charge in [-0.3, -0.25) is 19.7 Å². The van der Waals surface area contributed by atoms with E-state index in [4.69, 9.17) is 4.74 Å². The van der Waals surface area contributed by atoms with Crippen LogP contribution in [0.4, 0.5) is 10.6 Å². The van der Waals surface area contributed by atoms with Gasteiger partial charge in [-0.05, 0) is 24.6 Å². The molecule has 1 aromatic heterocycles. The molecule has 1 atom stereocenters. The van der Waals surface area contributed by atoms with Crippen LogP contribution in [-0.4, -0.2) is 22.2 Å². The van der Waals surface area contributed by atoms with Crippen LogP contribution in [-0.2, 0) is 7.05 Å². The number of ether oxygens (including phenoxy) is 1. The fraction of sp³-hybridized carbons (Fsp3) is 0.267. The summed E-state index contributed by atoms with van der Waals surface area (Å²) in [7, 11) is 1.48. The number of fused-ring (bicyclic) bond motifs is 1. The van der Waals surface area contributed by atoms with E-state index in [2.05, 4.69) is 15.6 Å². The highest BCUT2D eigenvalue weighted by molar-refractivity contribution is 5.92. The Morgan fingerprint density at radius 1 is 1.17 bits per heavy atom. The molecular formula is C15H16N4O4. The van der Waals surface area contributed by atoms with E-state index in [0.29, 0.717) is 17.9 Å². The van der Waals surface area contributed by atoms with E-state index in [-0.39, 0.29) is 11.4 Å². The number of urea groups is 1. The zero-order valence-electron chi connectivity index (χ0n) is 12.7. The van der Waals surface area contributed by atoms with Gasteiger partial charge in [0.25, 0.3) is 5.56 Å². The minimum atomic E-state index is -0.648. The number of hydrogen-bond acceptors (Lipinski definition) is 4. The van der Waals surface area contributed by atoms with Crippen molar-refractivity contribution in [2.75, 3.05) is 11.9 Å². The molecule has 2 heterocycles. The van der Waals surface area contributed by atoms with Crippen LogP contribution >= 0.6 is 0 Å². The maximum atomic E-state index is 12.2. The van der Waals surface area contributed by atoms with E-state index in [1.165, 1.54) is 11.6 Å². The summed E-state index contributed by atoms with van der Waals surface area (Å²) in [4.78, 5) is 38.0. The molecule has 0 spiro atoms. The molecule has 2 aromatic rings. The number of H-pyrrole nitrogens is 1. The Morgan fingerprint density at radius 3 is 2.52 bits per heavy atom. The number of aromatic amines is 1. The Balaban J connectivity index is 2.12. The number of nitrogens with one attached hydrogen (secondary N) is 3. The van der Waals surface area contributed by atoms with E-state index < -0.39 is 23.3 Å². The van der Waals surface area contributed by atoms with E-state index in [0.717, 1.165) is 0 Å². The van der Waals surface area contributed by atoms with Crippen LogP contribution in [0.25, 0.3) is 0 Å². The third kappa shape index (κ3) is 2.59. The molecule has 0 saturated heterocycles. The second-order valence-corrected chi connectivity index (χ2v) is 5.11. The number of nitrogens with zero attached hydrogens (tertiary/aromatic N) is 1. The van der Waals surface area contributed by atoms with Crippen molar-refractivity contribution < 1.29 is 9.53 Å². The second kappa shape index (κ2) is 5.64. The zero-order chi connectivity index (χ0) is 16.6. The quantitative estimate of drug-likeness (QED) is 0.775. The van der Waals surface area contributed by atoms with E-state index in [1.807, 2.05) is 6.92 Å². The molecule has 1 aromatic carbocycles. The fourth-order valence-electron chi connectivity index (χ4n) is 2.58. The molecule has 0 radical (unpaired) electrons. The summed E-state index contributed by atoms with van der Waals surface area (Å²) in [6.07, 6.45) is 0. The number of benzene rings is 1. The number of rotatable bonds is 3. The van der Waals surface area contributed by atoms with Gasteiger partial charge in [-0.15, -0.1) is 0 Å². The van der Waals surface area contributed by atoms with Crippen LogP contribution in [0.2, 0.25) is 0 Å². The lowest BCUT2D eigenvalue weighted by atomic mass is 9.98. The third-order valence-electron chi connectivity index (χ3n) is 3.68. The predicted octanol–water partition coefficient (Wildman–Crippen LogP) is 0.697. The first-order valence-corrected chi connectivity index (χ1v) is 7.14. The number of carbonyl (C=O) groups is 1. The molecule has 8 nitrogen and oxygen atoms in total. The van der Waals surface area contributed by atoms with Crippen LogP contribution in [0.3, 0.4) is 0 Å². The molecule has 0 aliphatic carbocycles. The van der Waals surface area contributed by atoms with Crippen molar-refractivity contribution in [2.24, 2.45) is 7.05 Å². The molecular weight excluding hydrogens is 300 g/mol. The van der Waals surface area contributed by atoms with Crippen molar-refractivity contribution in [1.82, 2.24) is 14.9 Å². The molecule has 23 heavy (non-hydrogen) atoms. The van der Waals surface area contributed by atoms with Gasteiger partial charge in [0.1, 0.15) is 11.6 Å². The first-order chi connectivity index (χ1) is 11.0. The van der Waals surface area contributed by atoms with E-state index in [9.17, 15) is 14.4 Å². The van der Waals surface area contributed by atoms with Gasteiger partial charge >= 0.3 is 11.7 Å². The van der Waals surface area contributed by atoms with E-state index in [1.54, 1.807) is 24.3 Å². The predicted molar refractivity (Wildman–Crippen MR) is 83.9 cm³/mol. The third-order valence-corrected chi connectivity index (χ3v) is 3.68. The smallest absolute Gasteiger partial charge is 0.329 e. The highest BCUT2D eigenvalue weighted by atomic mass is 16.5. The standard InChI is InChI=1S/C15H16N4O4/c1-3-23-9-6-4-8(5-7-9)11-10-12(17-14(21)16-11)19(2)15(22)18-13(10)20/h4-7,11H,3H2,1-2H3,(H2,16,17,21)(H,18,20,22).